The molecule has 0 saturated heterocycles. The van der Waals surface area contributed by atoms with Gasteiger partial charge < -0.3 is 4.74 Å². The molecule has 5 heteroatoms. The van der Waals surface area contributed by atoms with Crippen molar-refractivity contribution in [2.45, 2.75) is 58.0 Å². The summed E-state index contributed by atoms with van der Waals surface area (Å²) in [6.07, 6.45) is 8.17. The van der Waals surface area contributed by atoms with Gasteiger partial charge in [-0.15, -0.1) is 0 Å². The van der Waals surface area contributed by atoms with Crippen LogP contribution in [0.2, 0.25) is 5.15 Å². The fraction of sp³-hybridized carbons (Fsp3) is 0.733. The van der Waals surface area contributed by atoms with Crippen LogP contribution in [-0.2, 0) is 11.2 Å². The van der Waals surface area contributed by atoms with E-state index >= 15 is 0 Å². The van der Waals surface area contributed by atoms with Crippen molar-refractivity contribution >= 4 is 27.5 Å². The Morgan fingerprint density at radius 1 is 1.30 bits per heavy atom. The van der Waals surface area contributed by atoms with E-state index in [4.69, 9.17) is 21.3 Å². The summed E-state index contributed by atoms with van der Waals surface area (Å²) in [7, 11) is 1.75. The zero-order valence-corrected chi connectivity index (χ0v) is 14.5. The maximum atomic E-state index is 6.24. The summed E-state index contributed by atoms with van der Waals surface area (Å²) in [5.41, 5.74) is 0.986. The summed E-state index contributed by atoms with van der Waals surface area (Å²) < 4.78 is 6.53. The first-order valence-corrected chi connectivity index (χ1v) is 8.59. The molecule has 1 heterocycles. The fourth-order valence-electron chi connectivity index (χ4n) is 2.96. The number of aromatic nitrogens is 2. The number of halogens is 2. The molecule has 1 aliphatic carbocycles. The van der Waals surface area contributed by atoms with E-state index in [1.54, 1.807) is 7.11 Å². The number of hydrogen-bond acceptors (Lipinski definition) is 3. The highest BCUT2D eigenvalue weighted by molar-refractivity contribution is 9.10. The number of hydrogen-bond donors (Lipinski definition) is 0. The second kappa shape index (κ2) is 7.71. The molecular formula is C15H22BrClN2O. The predicted molar refractivity (Wildman–Crippen MR) is 85.1 cm³/mol. The Morgan fingerprint density at radius 3 is 2.60 bits per heavy atom. The lowest BCUT2D eigenvalue weighted by Gasteiger charge is -2.28. The number of aryl methyl sites for hydroxylation is 1. The molecule has 2 rings (SSSR count). The van der Waals surface area contributed by atoms with Gasteiger partial charge in [-0.25, -0.2) is 9.97 Å². The van der Waals surface area contributed by atoms with E-state index in [2.05, 4.69) is 27.8 Å². The van der Waals surface area contributed by atoms with E-state index in [-0.39, 0.29) is 6.10 Å². The third-order valence-corrected chi connectivity index (χ3v) is 5.30. The average molecular weight is 362 g/mol. The van der Waals surface area contributed by atoms with Gasteiger partial charge in [-0.05, 0) is 41.1 Å². The van der Waals surface area contributed by atoms with Crippen LogP contribution < -0.4 is 0 Å². The molecule has 20 heavy (non-hydrogen) atoms. The van der Waals surface area contributed by atoms with Crippen molar-refractivity contribution in [3.05, 3.63) is 21.1 Å². The molecule has 1 fully saturated rings. The molecule has 1 unspecified atom stereocenters. The van der Waals surface area contributed by atoms with Gasteiger partial charge in [-0.1, -0.05) is 44.2 Å². The third-order valence-electron chi connectivity index (χ3n) is 3.97. The van der Waals surface area contributed by atoms with Crippen LogP contribution in [0.4, 0.5) is 0 Å². The maximum Gasteiger partial charge on any atom is 0.159 e. The average Bonchev–Trinajstić information content (AvgIpc) is 2.46. The van der Waals surface area contributed by atoms with E-state index < -0.39 is 0 Å². The van der Waals surface area contributed by atoms with Crippen LogP contribution >= 0.6 is 27.5 Å². The van der Waals surface area contributed by atoms with Crippen LogP contribution in [0.15, 0.2) is 4.47 Å². The Kier molecular flexibility index (Phi) is 6.24. The molecule has 1 aliphatic rings. The van der Waals surface area contributed by atoms with E-state index in [9.17, 15) is 0 Å². The van der Waals surface area contributed by atoms with Crippen molar-refractivity contribution in [3.8, 4) is 0 Å². The smallest absolute Gasteiger partial charge is 0.159 e. The molecule has 0 N–H and O–H groups in total. The van der Waals surface area contributed by atoms with Crippen LogP contribution in [0.5, 0.6) is 0 Å². The summed E-state index contributed by atoms with van der Waals surface area (Å²) >= 11 is 9.73. The molecule has 1 saturated carbocycles. The largest absolute Gasteiger partial charge is 0.373 e. The minimum atomic E-state index is -0.0310. The van der Waals surface area contributed by atoms with Crippen molar-refractivity contribution in [3.63, 3.8) is 0 Å². The normalized spacial score (nSPS) is 18.2. The molecule has 0 amide bonds. The van der Waals surface area contributed by atoms with Crippen molar-refractivity contribution in [2.75, 3.05) is 7.11 Å². The lowest BCUT2D eigenvalue weighted by atomic mass is 9.85. The minimum Gasteiger partial charge on any atom is -0.373 e. The van der Waals surface area contributed by atoms with Gasteiger partial charge in [-0.2, -0.15) is 0 Å². The quantitative estimate of drug-likeness (QED) is 0.683. The van der Waals surface area contributed by atoms with Crippen LogP contribution in [0.3, 0.4) is 0 Å². The summed E-state index contributed by atoms with van der Waals surface area (Å²) in [5.74, 6) is 1.26. The van der Waals surface area contributed by atoms with Gasteiger partial charge in [0, 0.05) is 7.11 Å². The Hall–Kier alpha value is -0.190. The zero-order chi connectivity index (χ0) is 14.5. The number of ether oxygens (including phenoxy) is 1. The lowest BCUT2D eigenvalue weighted by molar-refractivity contribution is 0.0287. The van der Waals surface area contributed by atoms with E-state index in [1.165, 1.54) is 32.1 Å². The first-order chi connectivity index (χ1) is 9.67. The van der Waals surface area contributed by atoms with Gasteiger partial charge in [0.25, 0.3) is 0 Å². The molecule has 1 aromatic heterocycles. The number of nitrogens with zero attached hydrogens (tertiary/aromatic N) is 2. The van der Waals surface area contributed by atoms with Crippen LogP contribution in [0, 0.1) is 5.92 Å². The molecular weight excluding hydrogens is 340 g/mol. The summed E-state index contributed by atoms with van der Waals surface area (Å²) in [5, 5.41) is 0.497. The van der Waals surface area contributed by atoms with Crippen LogP contribution in [0.1, 0.15) is 63.1 Å². The maximum absolute atomic E-state index is 6.24. The summed E-state index contributed by atoms with van der Waals surface area (Å²) in [6, 6.07) is 0. The molecule has 112 valence electrons. The van der Waals surface area contributed by atoms with Crippen LogP contribution in [0.25, 0.3) is 0 Å². The number of methoxy groups -OCH3 is 1. The van der Waals surface area contributed by atoms with Crippen LogP contribution in [-0.4, -0.2) is 17.1 Å². The van der Waals surface area contributed by atoms with E-state index in [0.717, 1.165) is 28.8 Å². The zero-order valence-electron chi connectivity index (χ0n) is 12.2. The molecule has 0 bridgehead atoms. The molecule has 1 atom stereocenters. The highest BCUT2D eigenvalue weighted by Crippen LogP contribution is 2.36. The molecule has 0 spiro atoms. The Morgan fingerprint density at radius 2 is 2.00 bits per heavy atom. The fourth-order valence-corrected chi connectivity index (χ4v) is 3.53. The monoisotopic (exact) mass is 360 g/mol. The van der Waals surface area contributed by atoms with Gasteiger partial charge in [0.15, 0.2) is 5.82 Å². The van der Waals surface area contributed by atoms with E-state index in [1.807, 2.05) is 0 Å². The second-order valence-electron chi connectivity index (χ2n) is 5.44. The van der Waals surface area contributed by atoms with Crippen molar-refractivity contribution in [2.24, 2.45) is 5.92 Å². The van der Waals surface area contributed by atoms with Gasteiger partial charge in [-0.3, -0.25) is 0 Å². The molecule has 0 aromatic carbocycles. The molecule has 3 nitrogen and oxygen atoms in total. The lowest BCUT2D eigenvalue weighted by Crippen LogP contribution is -2.21. The molecule has 0 aliphatic heterocycles. The first-order valence-electron chi connectivity index (χ1n) is 7.42. The summed E-state index contributed by atoms with van der Waals surface area (Å²) in [4.78, 5) is 9.15. The van der Waals surface area contributed by atoms with E-state index in [0.29, 0.717) is 11.1 Å². The second-order valence-corrected chi connectivity index (χ2v) is 6.59. The highest BCUT2D eigenvalue weighted by atomic mass is 79.9. The molecule has 0 radical (unpaired) electrons. The SMILES string of the molecule is CCCc1nc(C(OC)C2CCCCC2)nc(Cl)c1Br. The van der Waals surface area contributed by atoms with Gasteiger partial charge in [0.1, 0.15) is 11.3 Å². The van der Waals surface area contributed by atoms with Gasteiger partial charge in [0.05, 0.1) is 10.2 Å². The Bertz CT molecular complexity index is 450. The third kappa shape index (κ3) is 3.71. The first kappa shape index (κ1) is 16.2. The van der Waals surface area contributed by atoms with Crippen molar-refractivity contribution in [1.29, 1.82) is 0 Å². The standard InChI is InChI=1S/C15H22BrClN2O/c1-3-7-11-12(16)14(17)19-15(18-11)13(20-2)10-8-5-4-6-9-10/h10,13H,3-9H2,1-2H3. The van der Waals surface area contributed by atoms with Crippen molar-refractivity contribution < 1.29 is 4.74 Å². The van der Waals surface area contributed by atoms with Crippen molar-refractivity contribution in [1.82, 2.24) is 9.97 Å². The minimum absolute atomic E-state index is 0.0310. The molecule has 1 aromatic rings. The number of rotatable bonds is 5. The Balaban J connectivity index is 2.28. The van der Waals surface area contributed by atoms with Gasteiger partial charge >= 0.3 is 0 Å². The van der Waals surface area contributed by atoms with Gasteiger partial charge in [0.2, 0.25) is 0 Å². The predicted octanol–water partition coefficient (Wildman–Crippen LogP) is 5.11. The highest BCUT2D eigenvalue weighted by Gasteiger charge is 2.28. The summed E-state index contributed by atoms with van der Waals surface area (Å²) in [6.45, 7) is 2.14. The topological polar surface area (TPSA) is 35.0 Å². The Labute approximate surface area is 134 Å².